The molecule has 0 bridgehead atoms. The van der Waals surface area contributed by atoms with Crippen molar-refractivity contribution in [2.45, 2.75) is 0 Å². The smallest absolute Gasteiger partial charge is 1.00 e. The Labute approximate surface area is 87.4 Å². The van der Waals surface area contributed by atoms with Gasteiger partial charge in [0.25, 0.3) is 0 Å². The monoisotopic (exact) mass is 162 g/mol. The number of phenolic OH excluding ortho intramolecular Hbond substituents is 2. The molecule has 0 aliphatic heterocycles. The van der Waals surface area contributed by atoms with Gasteiger partial charge in [-0.1, -0.05) is 0 Å². The van der Waals surface area contributed by atoms with E-state index >= 15 is 0 Å². The molecular formula is C7H7NaO3. The molecule has 0 aliphatic rings. The molecule has 0 amide bonds. The first-order valence-electron chi connectivity index (χ1n) is 2.71. The zero-order valence-corrected chi connectivity index (χ0v) is 8.11. The largest absolute Gasteiger partial charge is 1.00 e. The van der Waals surface area contributed by atoms with Gasteiger partial charge in [-0.3, -0.25) is 4.79 Å². The maximum absolute atomic E-state index is 10.1. The van der Waals surface area contributed by atoms with Crippen molar-refractivity contribution in [2.75, 3.05) is 0 Å². The summed E-state index contributed by atoms with van der Waals surface area (Å²) in [6, 6.07) is 3.88. The van der Waals surface area contributed by atoms with Crippen molar-refractivity contribution < 1.29 is 46.0 Å². The molecular weight excluding hydrogens is 155 g/mol. The summed E-state index contributed by atoms with van der Waals surface area (Å²) in [6.07, 6.45) is 0.596. The van der Waals surface area contributed by atoms with E-state index in [9.17, 15) is 4.79 Å². The molecule has 3 nitrogen and oxygen atoms in total. The van der Waals surface area contributed by atoms with E-state index < -0.39 is 0 Å². The Bertz CT molecular complexity index is 265. The average molecular weight is 162 g/mol. The molecule has 0 atom stereocenters. The fourth-order valence-electron chi connectivity index (χ4n) is 0.614. The second-order valence-corrected chi connectivity index (χ2v) is 1.87. The van der Waals surface area contributed by atoms with Crippen molar-refractivity contribution in [1.82, 2.24) is 0 Å². The van der Waals surface area contributed by atoms with E-state index in [0.29, 0.717) is 11.8 Å². The predicted octanol–water partition coefficient (Wildman–Crippen LogP) is -1.97. The van der Waals surface area contributed by atoms with Crippen LogP contribution in [-0.2, 0) is 0 Å². The topological polar surface area (TPSA) is 57.5 Å². The first-order valence-corrected chi connectivity index (χ1v) is 2.71. The maximum Gasteiger partial charge on any atom is 1.00 e. The molecule has 4 heteroatoms. The standard InChI is InChI=1S/C7H6O3.Na.H/c8-4-5-1-2-6(9)7(10)3-5;;/h1-4,9-10H;;/q;+1;-1. The van der Waals surface area contributed by atoms with Crippen molar-refractivity contribution in [3.05, 3.63) is 23.8 Å². The molecule has 54 valence electrons. The van der Waals surface area contributed by atoms with Crippen LogP contribution in [0.25, 0.3) is 0 Å². The predicted molar refractivity (Wildman–Crippen MR) is 36.3 cm³/mol. The summed E-state index contributed by atoms with van der Waals surface area (Å²) in [5, 5.41) is 17.6. The first kappa shape index (κ1) is 10.5. The van der Waals surface area contributed by atoms with Crippen molar-refractivity contribution in [1.29, 1.82) is 0 Å². The molecule has 0 radical (unpaired) electrons. The van der Waals surface area contributed by atoms with E-state index in [1.165, 1.54) is 18.2 Å². The zero-order chi connectivity index (χ0) is 7.56. The fourth-order valence-corrected chi connectivity index (χ4v) is 0.614. The summed E-state index contributed by atoms with van der Waals surface area (Å²) >= 11 is 0. The molecule has 2 N–H and O–H groups in total. The molecule has 0 unspecified atom stereocenters. The molecule has 0 heterocycles. The van der Waals surface area contributed by atoms with Crippen LogP contribution in [0.15, 0.2) is 18.2 Å². The molecule has 0 aromatic heterocycles. The number of aldehydes is 1. The van der Waals surface area contributed by atoms with Crippen LogP contribution in [0.1, 0.15) is 11.8 Å². The number of hydrogen-bond donors (Lipinski definition) is 2. The minimum Gasteiger partial charge on any atom is -1.00 e. The van der Waals surface area contributed by atoms with E-state index in [-0.39, 0.29) is 42.5 Å². The molecule has 11 heavy (non-hydrogen) atoms. The van der Waals surface area contributed by atoms with E-state index in [1.807, 2.05) is 0 Å². The summed E-state index contributed by atoms with van der Waals surface area (Å²) in [5.74, 6) is -0.491. The van der Waals surface area contributed by atoms with E-state index in [0.717, 1.165) is 0 Å². The van der Waals surface area contributed by atoms with Crippen molar-refractivity contribution in [3.8, 4) is 11.5 Å². The van der Waals surface area contributed by atoms with Gasteiger partial charge in [-0.2, -0.15) is 0 Å². The van der Waals surface area contributed by atoms with Crippen LogP contribution in [0.4, 0.5) is 0 Å². The zero-order valence-electron chi connectivity index (χ0n) is 7.11. The van der Waals surface area contributed by atoms with E-state index in [4.69, 9.17) is 10.2 Å². The van der Waals surface area contributed by atoms with Crippen LogP contribution in [0.2, 0.25) is 0 Å². The minimum absolute atomic E-state index is 0. The Morgan fingerprint density at radius 1 is 1.27 bits per heavy atom. The summed E-state index contributed by atoms with van der Waals surface area (Å²) in [5.41, 5.74) is 0.343. The summed E-state index contributed by atoms with van der Waals surface area (Å²) in [7, 11) is 0. The van der Waals surface area contributed by atoms with Crippen molar-refractivity contribution in [3.63, 3.8) is 0 Å². The van der Waals surface area contributed by atoms with Gasteiger partial charge in [-0.05, 0) is 18.2 Å². The van der Waals surface area contributed by atoms with Gasteiger partial charge in [0, 0.05) is 5.56 Å². The van der Waals surface area contributed by atoms with Gasteiger partial charge in [-0.25, -0.2) is 0 Å². The number of carbonyl (C=O) groups excluding carboxylic acids is 1. The third-order valence-electron chi connectivity index (χ3n) is 1.14. The van der Waals surface area contributed by atoms with Crippen molar-refractivity contribution in [2.24, 2.45) is 0 Å². The molecule has 0 saturated carbocycles. The van der Waals surface area contributed by atoms with Gasteiger partial charge in [0.05, 0.1) is 0 Å². The van der Waals surface area contributed by atoms with Crippen LogP contribution in [0, 0.1) is 0 Å². The minimum atomic E-state index is -0.274. The van der Waals surface area contributed by atoms with E-state index in [2.05, 4.69) is 0 Å². The number of rotatable bonds is 1. The SMILES string of the molecule is O=Cc1ccc(O)c(O)c1.[H-].[Na+]. The summed E-state index contributed by atoms with van der Waals surface area (Å²) in [6.45, 7) is 0. The second kappa shape index (κ2) is 4.38. The fraction of sp³-hybridized carbons (Fsp3) is 0. The van der Waals surface area contributed by atoms with Gasteiger partial charge in [0.2, 0.25) is 0 Å². The Morgan fingerprint density at radius 2 is 1.91 bits per heavy atom. The van der Waals surface area contributed by atoms with Crippen LogP contribution < -0.4 is 29.6 Å². The molecule has 0 fully saturated rings. The third-order valence-corrected chi connectivity index (χ3v) is 1.14. The number of phenols is 2. The number of carbonyl (C=O) groups is 1. The number of hydrogen-bond acceptors (Lipinski definition) is 3. The summed E-state index contributed by atoms with van der Waals surface area (Å²) in [4.78, 5) is 10.1. The summed E-state index contributed by atoms with van der Waals surface area (Å²) < 4.78 is 0. The first-order chi connectivity index (χ1) is 4.74. The van der Waals surface area contributed by atoms with Gasteiger partial charge < -0.3 is 11.6 Å². The second-order valence-electron chi connectivity index (χ2n) is 1.87. The van der Waals surface area contributed by atoms with E-state index in [1.54, 1.807) is 0 Å². The van der Waals surface area contributed by atoms with Crippen LogP contribution >= 0.6 is 0 Å². The third kappa shape index (κ3) is 2.54. The van der Waals surface area contributed by atoms with Gasteiger partial charge in [0.1, 0.15) is 6.29 Å². The molecule has 0 spiro atoms. The molecule has 0 saturated heterocycles. The normalized spacial score (nSPS) is 8.36. The van der Waals surface area contributed by atoms with Gasteiger partial charge in [0.15, 0.2) is 11.5 Å². The van der Waals surface area contributed by atoms with Crippen molar-refractivity contribution >= 4 is 6.29 Å². The van der Waals surface area contributed by atoms with Crippen LogP contribution in [0.3, 0.4) is 0 Å². The van der Waals surface area contributed by atoms with Crippen LogP contribution in [0.5, 0.6) is 11.5 Å². The van der Waals surface area contributed by atoms with Gasteiger partial charge >= 0.3 is 29.6 Å². The molecule has 0 aliphatic carbocycles. The Kier molecular flexibility index (Phi) is 4.18. The molecule has 1 rings (SSSR count). The Morgan fingerprint density at radius 3 is 2.36 bits per heavy atom. The quantitative estimate of drug-likeness (QED) is 0.286. The average Bonchev–Trinajstić information content (AvgIpc) is 1.95. The number of benzene rings is 1. The Balaban J connectivity index is 0. The van der Waals surface area contributed by atoms with Crippen LogP contribution in [-0.4, -0.2) is 16.5 Å². The number of aromatic hydroxyl groups is 2. The maximum atomic E-state index is 10.1. The molecule has 1 aromatic rings. The Hall–Kier alpha value is -0.510. The molecule has 1 aromatic carbocycles. The van der Waals surface area contributed by atoms with Gasteiger partial charge in [-0.15, -0.1) is 0 Å².